The first kappa shape index (κ1) is 12.2. The summed E-state index contributed by atoms with van der Waals surface area (Å²) in [4.78, 5) is 14.9. The highest BCUT2D eigenvalue weighted by atomic mass is 16.5. The zero-order valence-corrected chi connectivity index (χ0v) is 11.5. The second-order valence-electron chi connectivity index (χ2n) is 6.15. The second kappa shape index (κ2) is 4.77. The fourth-order valence-corrected chi connectivity index (χ4v) is 3.85. The maximum atomic E-state index is 12.8. The Labute approximate surface area is 119 Å². The Balaban J connectivity index is 1.55. The summed E-state index contributed by atoms with van der Waals surface area (Å²) in [5.41, 5.74) is 1.07. The van der Waals surface area contributed by atoms with Crippen LogP contribution in [-0.2, 0) is 4.79 Å². The summed E-state index contributed by atoms with van der Waals surface area (Å²) in [6.45, 7) is 4.64. The smallest absolute Gasteiger partial charge is 0.230 e. The van der Waals surface area contributed by atoms with E-state index in [1.165, 1.54) is 0 Å². The average molecular weight is 272 g/mol. The number of fused-ring (bicyclic) bond motifs is 2. The summed E-state index contributed by atoms with van der Waals surface area (Å²) in [7, 11) is 0. The minimum absolute atomic E-state index is 0.00765. The highest BCUT2D eigenvalue weighted by Crippen LogP contribution is 2.36. The molecule has 1 aromatic carbocycles. The summed E-state index contributed by atoms with van der Waals surface area (Å²) < 4.78 is 5.66. The largest absolute Gasteiger partial charge is 0.493 e. The molecular formula is C16H20N2O2. The van der Waals surface area contributed by atoms with E-state index >= 15 is 0 Å². The van der Waals surface area contributed by atoms with Crippen LogP contribution in [0.1, 0.15) is 17.9 Å². The third kappa shape index (κ3) is 1.90. The minimum atomic E-state index is -0.00765. The Kier molecular flexibility index (Phi) is 2.91. The van der Waals surface area contributed by atoms with E-state index in [2.05, 4.69) is 10.2 Å². The maximum absolute atomic E-state index is 12.8. The van der Waals surface area contributed by atoms with Gasteiger partial charge in [0.25, 0.3) is 0 Å². The van der Waals surface area contributed by atoms with E-state index in [-0.39, 0.29) is 5.92 Å². The zero-order valence-electron chi connectivity index (χ0n) is 11.5. The number of rotatable bonds is 1. The van der Waals surface area contributed by atoms with Crippen LogP contribution in [0.15, 0.2) is 24.3 Å². The molecule has 0 aliphatic carbocycles. The third-order valence-electron chi connectivity index (χ3n) is 4.96. The molecule has 4 nitrogen and oxygen atoms in total. The number of hydrogen-bond acceptors (Lipinski definition) is 3. The van der Waals surface area contributed by atoms with Gasteiger partial charge in [0.2, 0.25) is 5.91 Å². The van der Waals surface area contributed by atoms with Gasteiger partial charge in [0.05, 0.1) is 12.5 Å². The number of carbonyl (C=O) groups excluding carboxylic acids is 1. The Morgan fingerprint density at radius 3 is 2.75 bits per heavy atom. The first-order chi connectivity index (χ1) is 9.83. The molecule has 4 heteroatoms. The van der Waals surface area contributed by atoms with Gasteiger partial charge in [-0.05, 0) is 24.3 Å². The van der Waals surface area contributed by atoms with E-state index in [9.17, 15) is 4.79 Å². The van der Waals surface area contributed by atoms with Crippen LogP contribution in [0.2, 0.25) is 0 Å². The molecule has 2 fully saturated rings. The number of carbonyl (C=O) groups is 1. The minimum Gasteiger partial charge on any atom is -0.493 e. The van der Waals surface area contributed by atoms with Crippen LogP contribution in [0.3, 0.4) is 0 Å². The molecule has 0 spiro atoms. The van der Waals surface area contributed by atoms with Crippen LogP contribution in [0.4, 0.5) is 0 Å². The molecule has 3 heterocycles. The lowest BCUT2D eigenvalue weighted by molar-refractivity contribution is -0.132. The quantitative estimate of drug-likeness (QED) is 0.836. The van der Waals surface area contributed by atoms with E-state index in [1.54, 1.807) is 0 Å². The van der Waals surface area contributed by atoms with Gasteiger partial charge < -0.3 is 15.0 Å². The number of para-hydroxylation sites is 1. The van der Waals surface area contributed by atoms with E-state index in [0.717, 1.165) is 43.9 Å². The molecule has 0 aromatic heterocycles. The van der Waals surface area contributed by atoms with Crippen LogP contribution in [0, 0.1) is 11.8 Å². The van der Waals surface area contributed by atoms with Crippen molar-refractivity contribution in [2.75, 3.05) is 32.8 Å². The molecule has 3 aliphatic rings. The lowest BCUT2D eigenvalue weighted by Crippen LogP contribution is -2.37. The monoisotopic (exact) mass is 272 g/mol. The fourth-order valence-electron chi connectivity index (χ4n) is 3.85. The molecule has 106 valence electrons. The Morgan fingerprint density at radius 1 is 1.20 bits per heavy atom. The van der Waals surface area contributed by atoms with E-state index in [1.807, 2.05) is 24.3 Å². The van der Waals surface area contributed by atoms with Gasteiger partial charge in [-0.3, -0.25) is 4.79 Å². The number of benzene rings is 1. The highest BCUT2D eigenvalue weighted by Gasteiger charge is 2.40. The van der Waals surface area contributed by atoms with Crippen molar-refractivity contribution < 1.29 is 9.53 Å². The molecule has 3 atom stereocenters. The molecule has 1 aromatic rings. The lowest BCUT2D eigenvalue weighted by atomic mass is 9.92. The number of ether oxygens (including phenoxy) is 1. The topological polar surface area (TPSA) is 41.6 Å². The molecule has 0 saturated carbocycles. The maximum Gasteiger partial charge on any atom is 0.230 e. The van der Waals surface area contributed by atoms with Crippen molar-refractivity contribution in [1.29, 1.82) is 0 Å². The van der Waals surface area contributed by atoms with Gasteiger partial charge in [0.1, 0.15) is 5.75 Å². The van der Waals surface area contributed by atoms with Crippen LogP contribution >= 0.6 is 0 Å². The highest BCUT2D eigenvalue weighted by molar-refractivity contribution is 5.85. The van der Waals surface area contributed by atoms with E-state index < -0.39 is 0 Å². The second-order valence-corrected chi connectivity index (χ2v) is 6.15. The normalized spacial score (nSPS) is 31.6. The van der Waals surface area contributed by atoms with Gasteiger partial charge in [-0.25, -0.2) is 0 Å². The van der Waals surface area contributed by atoms with Crippen LogP contribution in [-0.4, -0.2) is 43.6 Å². The van der Waals surface area contributed by atoms with Crippen molar-refractivity contribution >= 4 is 5.91 Å². The summed E-state index contributed by atoms with van der Waals surface area (Å²) in [5, 5.41) is 3.42. The van der Waals surface area contributed by atoms with Gasteiger partial charge in [-0.2, -0.15) is 0 Å². The summed E-state index contributed by atoms with van der Waals surface area (Å²) in [6.07, 6.45) is 0.805. The van der Waals surface area contributed by atoms with Crippen LogP contribution in [0.25, 0.3) is 0 Å². The Bertz CT molecular complexity index is 519. The number of likely N-dealkylation sites (tertiary alicyclic amines) is 1. The molecule has 4 rings (SSSR count). The number of nitrogens with zero attached hydrogens (tertiary/aromatic N) is 1. The molecule has 1 amide bonds. The van der Waals surface area contributed by atoms with Crippen molar-refractivity contribution in [3.63, 3.8) is 0 Å². The number of amides is 1. The molecule has 20 heavy (non-hydrogen) atoms. The van der Waals surface area contributed by atoms with Crippen molar-refractivity contribution in [1.82, 2.24) is 10.2 Å². The molecule has 0 bridgehead atoms. The molecule has 0 radical (unpaired) electrons. The third-order valence-corrected chi connectivity index (χ3v) is 4.96. The predicted molar refractivity (Wildman–Crippen MR) is 75.7 cm³/mol. The first-order valence-electron chi connectivity index (χ1n) is 7.54. The van der Waals surface area contributed by atoms with Crippen LogP contribution < -0.4 is 10.1 Å². The fraction of sp³-hybridized carbons (Fsp3) is 0.562. The van der Waals surface area contributed by atoms with E-state index in [4.69, 9.17) is 4.74 Å². The van der Waals surface area contributed by atoms with Crippen molar-refractivity contribution in [2.45, 2.75) is 12.3 Å². The average Bonchev–Trinajstić information content (AvgIpc) is 3.07. The summed E-state index contributed by atoms with van der Waals surface area (Å²) >= 11 is 0. The number of nitrogens with one attached hydrogen (secondary N) is 1. The molecule has 1 N–H and O–H groups in total. The van der Waals surface area contributed by atoms with Gasteiger partial charge >= 0.3 is 0 Å². The summed E-state index contributed by atoms with van der Waals surface area (Å²) in [6, 6.07) is 7.97. The van der Waals surface area contributed by atoms with Gasteiger partial charge in [0.15, 0.2) is 0 Å². The first-order valence-corrected chi connectivity index (χ1v) is 7.54. The van der Waals surface area contributed by atoms with Gasteiger partial charge in [-0.15, -0.1) is 0 Å². The predicted octanol–water partition coefficient (Wildman–Crippen LogP) is 1.23. The Morgan fingerprint density at radius 2 is 1.95 bits per heavy atom. The molecule has 2 saturated heterocycles. The van der Waals surface area contributed by atoms with Crippen molar-refractivity contribution in [3.05, 3.63) is 29.8 Å². The van der Waals surface area contributed by atoms with Gasteiger partial charge in [0, 0.05) is 31.7 Å². The summed E-state index contributed by atoms with van der Waals surface area (Å²) in [5.74, 6) is 2.50. The molecular weight excluding hydrogens is 252 g/mol. The molecule has 3 aliphatic heterocycles. The lowest BCUT2D eigenvalue weighted by Gasteiger charge is -2.29. The molecule has 1 unspecified atom stereocenters. The Hall–Kier alpha value is -1.55. The van der Waals surface area contributed by atoms with Crippen molar-refractivity contribution in [2.24, 2.45) is 11.8 Å². The standard InChI is InChI=1S/C16H20N2O2/c19-16(18-9-11-7-17-8-12(11)10-18)14-5-6-20-15-4-2-1-3-13(14)15/h1-4,11-12,14,17H,5-10H2/t11-,12+,14?. The SMILES string of the molecule is O=C(C1CCOc2ccccc21)N1C[C@H]2CNC[C@H]2C1. The van der Waals surface area contributed by atoms with Crippen LogP contribution in [0.5, 0.6) is 5.75 Å². The number of hydrogen-bond donors (Lipinski definition) is 1. The van der Waals surface area contributed by atoms with Gasteiger partial charge in [-0.1, -0.05) is 18.2 Å². The van der Waals surface area contributed by atoms with Crippen molar-refractivity contribution in [3.8, 4) is 5.75 Å². The zero-order chi connectivity index (χ0) is 13.5. The van der Waals surface area contributed by atoms with E-state index in [0.29, 0.717) is 24.3 Å².